The van der Waals surface area contributed by atoms with Crippen LogP contribution >= 0.6 is 0 Å². The van der Waals surface area contributed by atoms with E-state index in [4.69, 9.17) is 4.42 Å². The van der Waals surface area contributed by atoms with Gasteiger partial charge in [0.05, 0.1) is 6.26 Å². The summed E-state index contributed by atoms with van der Waals surface area (Å²) >= 11 is 0. The number of nitrogens with one attached hydrogen (secondary N) is 2. The molecule has 2 aromatic rings. The van der Waals surface area contributed by atoms with Gasteiger partial charge in [-0.05, 0) is 42.8 Å². The van der Waals surface area contributed by atoms with E-state index < -0.39 is 0 Å². The van der Waals surface area contributed by atoms with Crippen LogP contribution in [0.15, 0.2) is 41.0 Å². The molecule has 0 unspecified atom stereocenters. The van der Waals surface area contributed by atoms with E-state index in [2.05, 4.69) is 10.6 Å². The lowest BCUT2D eigenvalue weighted by Gasteiger charge is -2.10. The summed E-state index contributed by atoms with van der Waals surface area (Å²) in [6.07, 6.45) is 1.87. The van der Waals surface area contributed by atoms with Crippen LogP contribution in [0.3, 0.4) is 0 Å². The SMILES string of the molecule is CCC(=O)Nc1ccc(NC(=O)c2ccco2)cc1C. The van der Waals surface area contributed by atoms with Gasteiger partial charge in [0.2, 0.25) is 5.91 Å². The molecule has 0 atom stereocenters. The Kier molecular flexibility index (Phi) is 4.20. The van der Waals surface area contributed by atoms with Gasteiger partial charge in [-0.2, -0.15) is 0 Å². The number of rotatable bonds is 4. The molecule has 5 nitrogen and oxygen atoms in total. The quantitative estimate of drug-likeness (QED) is 0.897. The predicted octanol–water partition coefficient (Wildman–Crippen LogP) is 3.19. The summed E-state index contributed by atoms with van der Waals surface area (Å²) in [6.45, 7) is 3.66. The Labute approximate surface area is 117 Å². The second kappa shape index (κ2) is 6.06. The van der Waals surface area contributed by atoms with Gasteiger partial charge in [0, 0.05) is 17.8 Å². The average molecular weight is 272 g/mol. The zero-order chi connectivity index (χ0) is 14.5. The average Bonchev–Trinajstić information content (AvgIpc) is 2.95. The fraction of sp³-hybridized carbons (Fsp3) is 0.200. The Morgan fingerprint density at radius 3 is 2.60 bits per heavy atom. The fourth-order valence-corrected chi connectivity index (χ4v) is 1.72. The number of hydrogen-bond donors (Lipinski definition) is 2. The highest BCUT2D eigenvalue weighted by atomic mass is 16.3. The Bertz CT molecular complexity index is 618. The van der Waals surface area contributed by atoms with Crippen molar-refractivity contribution in [2.45, 2.75) is 20.3 Å². The number of furan rings is 1. The van der Waals surface area contributed by atoms with E-state index in [-0.39, 0.29) is 17.6 Å². The Balaban J connectivity index is 2.09. The predicted molar refractivity (Wildman–Crippen MR) is 76.8 cm³/mol. The molecule has 1 heterocycles. The molecule has 2 rings (SSSR count). The third-order valence-electron chi connectivity index (χ3n) is 2.82. The number of hydrogen-bond acceptors (Lipinski definition) is 3. The standard InChI is InChI=1S/C15H16N2O3/c1-3-14(18)17-12-7-6-11(9-10(12)2)16-15(19)13-5-4-8-20-13/h4-9H,3H2,1-2H3,(H,16,19)(H,17,18). The van der Waals surface area contributed by atoms with Crippen molar-refractivity contribution in [3.05, 3.63) is 47.9 Å². The van der Waals surface area contributed by atoms with Crippen LogP contribution in [0.1, 0.15) is 29.5 Å². The van der Waals surface area contributed by atoms with Crippen molar-refractivity contribution < 1.29 is 14.0 Å². The van der Waals surface area contributed by atoms with E-state index in [0.717, 1.165) is 11.3 Å². The lowest BCUT2D eigenvalue weighted by molar-refractivity contribution is -0.115. The molecule has 2 N–H and O–H groups in total. The number of amides is 2. The van der Waals surface area contributed by atoms with Gasteiger partial charge in [-0.1, -0.05) is 6.92 Å². The van der Waals surface area contributed by atoms with Gasteiger partial charge in [-0.15, -0.1) is 0 Å². The zero-order valence-electron chi connectivity index (χ0n) is 11.4. The van der Waals surface area contributed by atoms with Gasteiger partial charge in [0.1, 0.15) is 0 Å². The van der Waals surface area contributed by atoms with E-state index in [0.29, 0.717) is 12.1 Å². The van der Waals surface area contributed by atoms with Crippen LogP contribution in [-0.2, 0) is 4.79 Å². The Morgan fingerprint density at radius 1 is 1.20 bits per heavy atom. The molecular formula is C15H16N2O3. The molecule has 0 saturated heterocycles. The molecule has 5 heteroatoms. The van der Waals surface area contributed by atoms with Crippen molar-refractivity contribution in [2.75, 3.05) is 10.6 Å². The first-order valence-corrected chi connectivity index (χ1v) is 6.35. The van der Waals surface area contributed by atoms with Crippen LogP contribution in [0.5, 0.6) is 0 Å². The second-order valence-corrected chi connectivity index (χ2v) is 4.36. The first kappa shape index (κ1) is 13.9. The van der Waals surface area contributed by atoms with Crippen molar-refractivity contribution in [3.63, 3.8) is 0 Å². The topological polar surface area (TPSA) is 71.3 Å². The number of carbonyl (C=O) groups is 2. The normalized spacial score (nSPS) is 10.1. The molecule has 1 aromatic carbocycles. The number of benzene rings is 1. The van der Waals surface area contributed by atoms with Gasteiger partial charge < -0.3 is 15.1 Å². The summed E-state index contributed by atoms with van der Waals surface area (Å²) in [5.74, 6) is -0.0915. The zero-order valence-corrected chi connectivity index (χ0v) is 11.4. The van der Waals surface area contributed by atoms with Crippen molar-refractivity contribution in [2.24, 2.45) is 0 Å². The summed E-state index contributed by atoms with van der Waals surface area (Å²) in [4.78, 5) is 23.2. The molecule has 0 aliphatic carbocycles. The number of aryl methyl sites for hydroxylation is 1. The van der Waals surface area contributed by atoms with Crippen LogP contribution in [0, 0.1) is 6.92 Å². The summed E-state index contributed by atoms with van der Waals surface area (Å²) in [6, 6.07) is 8.55. The molecular weight excluding hydrogens is 256 g/mol. The van der Waals surface area contributed by atoms with Gasteiger partial charge in [0.25, 0.3) is 5.91 Å². The maximum absolute atomic E-state index is 11.8. The highest BCUT2D eigenvalue weighted by Crippen LogP contribution is 2.20. The molecule has 0 fully saturated rings. The summed E-state index contributed by atoms with van der Waals surface area (Å²) in [7, 11) is 0. The van der Waals surface area contributed by atoms with Gasteiger partial charge in [0.15, 0.2) is 5.76 Å². The van der Waals surface area contributed by atoms with Crippen LogP contribution in [-0.4, -0.2) is 11.8 Å². The number of carbonyl (C=O) groups excluding carboxylic acids is 2. The first-order chi connectivity index (χ1) is 9.60. The minimum absolute atomic E-state index is 0.0412. The molecule has 104 valence electrons. The molecule has 2 amide bonds. The Morgan fingerprint density at radius 2 is 2.00 bits per heavy atom. The smallest absolute Gasteiger partial charge is 0.291 e. The molecule has 0 saturated carbocycles. The van der Waals surface area contributed by atoms with Crippen molar-refractivity contribution in [1.82, 2.24) is 0 Å². The van der Waals surface area contributed by atoms with E-state index in [9.17, 15) is 9.59 Å². The van der Waals surface area contributed by atoms with E-state index in [1.807, 2.05) is 6.92 Å². The molecule has 1 aromatic heterocycles. The lowest BCUT2D eigenvalue weighted by Crippen LogP contribution is -2.12. The molecule has 0 aliphatic heterocycles. The maximum atomic E-state index is 11.8. The summed E-state index contributed by atoms with van der Waals surface area (Å²) < 4.78 is 5.02. The minimum atomic E-state index is -0.306. The van der Waals surface area contributed by atoms with Gasteiger partial charge >= 0.3 is 0 Å². The highest BCUT2D eigenvalue weighted by molar-refractivity contribution is 6.02. The van der Waals surface area contributed by atoms with E-state index in [1.165, 1.54) is 6.26 Å². The monoisotopic (exact) mass is 272 g/mol. The summed E-state index contributed by atoms with van der Waals surface area (Å²) in [5.41, 5.74) is 2.27. The van der Waals surface area contributed by atoms with Crippen LogP contribution in [0.4, 0.5) is 11.4 Å². The third kappa shape index (κ3) is 3.26. The third-order valence-corrected chi connectivity index (χ3v) is 2.82. The largest absolute Gasteiger partial charge is 0.459 e. The lowest BCUT2D eigenvalue weighted by atomic mass is 10.1. The molecule has 0 aliphatic rings. The van der Waals surface area contributed by atoms with Crippen LogP contribution in [0.25, 0.3) is 0 Å². The van der Waals surface area contributed by atoms with Crippen molar-refractivity contribution in [3.8, 4) is 0 Å². The molecule has 0 spiro atoms. The van der Waals surface area contributed by atoms with Gasteiger partial charge in [-0.25, -0.2) is 0 Å². The van der Waals surface area contributed by atoms with Crippen LogP contribution < -0.4 is 10.6 Å². The second-order valence-electron chi connectivity index (χ2n) is 4.36. The van der Waals surface area contributed by atoms with Crippen molar-refractivity contribution in [1.29, 1.82) is 0 Å². The highest BCUT2D eigenvalue weighted by Gasteiger charge is 2.10. The fourth-order valence-electron chi connectivity index (χ4n) is 1.72. The summed E-state index contributed by atoms with van der Waals surface area (Å²) in [5, 5.41) is 5.53. The molecule has 0 radical (unpaired) electrons. The molecule has 20 heavy (non-hydrogen) atoms. The molecule has 0 bridgehead atoms. The Hall–Kier alpha value is -2.56. The van der Waals surface area contributed by atoms with Gasteiger partial charge in [-0.3, -0.25) is 9.59 Å². The maximum Gasteiger partial charge on any atom is 0.291 e. The number of anilines is 2. The van der Waals surface area contributed by atoms with E-state index >= 15 is 0 Å². The van der Waals surface area contributed by atoms with E-state index in [1.54, 1.807) is 37.3 Å². The van der Waals surface area contributed by atoms with Crippen LogP contribution in [0.2, 0.25) is 0 Å². The minimum Gasteiger partial charge on any atom is -0.459 e. The first-order valence-electron chi connectivity index (χ1n) is 6.35. The van der Waals surface area contributed by atoms with Crippen molar-refractivity contribution >= 4 is 23.2 Å².